The second kappa shape index (κ2) is 6.42. The third-order valence-electron chi connectivity index (χ3n) is 3.78. The van der Waals surface area contributed by atoms with Gasteiger partial charge >= 0.3 is 6.09 Å². The maximum Gasteiger partial charge on any atom is 0.418 e. The number of amides is 1. The number of nitrogens with two attached hydrogens (primary N) is 1. The highest BCUT2D eigenvalue weighted by Crippen LogP contribution is 2.35. The average Bonchev–Trinajstić information content (AvgIpc) is 2.93. The summed E-state index contributed by atoms with van der Waals surface area (Å²) in [7, 11) is 0. The van der Waals surface area contributed by atoms with Crippen molar-refractivity contribution in [1.29, 1.82) is 0 Å². The Balaban J connectivity index is 1.79. The molecule has 0 radical (unpaired) electrons. The van der Waals surface area contributed by atoms with Crippen molar-refractivity contribution in [3.8, 4) is 5.88 Å². The van der Waals surface area contributed by atoms with E-state index < -0.39 is 17.4 Å². The van der Waals surface area contributed by atoms with E-state index in [-0.39, 0.29) is 11.9 Å². The van der Waals surface area contributed by atoms with Crippen molar-refractivity contribution in [2.24, 2.45) is 10.7 Å². The van der Waals surface area contributed by atoms with Crippen molar-refractivity contribution in [3.05, 3.63) is 41.7 Å². The molecule has 8 nitrogen and oxygen atoms in total. The predicted molar refractivity (Wildman–Crippen MR) is 86.8 cm³/mol. The number of anilines is 1. The number of hydrogen-bond donors (Lipinski definition) is 2. The monoisotopic (exact) mass is 348 g/mol. The summed E-state index contributed by atoms with van der Waals surface area (Å²) in [5.74, 6) is -0.0483. The number of aryl methyl sites for hydroxylation is 1. The lowest BCUT2D eigenvalue weighted by Crippen LogP contribution is -2.34. The molecule has 0 bridgehead atoms. The van der Waals surface area contributed by atoms with Crippen LogP contribution in [-0.4, -0.2) is 23.7 Å². The summed E-state index contributed by atoms with van der Waals surface area (Å²) in [5.41, 5.74) is 5.38. The van der Waals surface area contributed by atoms with Gasteiger partial charge in [-0.3, -0.25) is 5.32 Å². The lowest BCUT2D eigenvalue weighted by Gasteiger charge is -2.30. The molecule has 3 rings (SSSR count). The van der Waals surface area contributed by atoms with E-state index >= 15 is 0 Å². The summed E-state index contributed by atoms with van der Waals surface area (Å²) in [6.07, 6.45) is 0.897. The molecular formula is C16H17FN4O4. The Labute approximate surface area is 142 Å². The maximum atomic E-state index is 14.3. The van der Waals surface area contributed by atoms with Gasteiger partial charge in [-0.15, -0.1) is 0 Å². The summed E-state index contributed by atoms with van der Waals surface area (Å²) >= 11 is 0. The van der Waals surface area contributed by atoms with Crippen molar-refractivity contribution in [3.63, 3.8) is 0 Å². The van der Waals surface area contributed by atoms with Gasteiger partial charge in [0.25, 0.3) is 11.9 Å². The molecule has 132 valence electrons. The molecule has 3 N–H and O–H groups in total. The van der Waals surface area contributed by atoms with E-state index in [4.69, 9.17) is 19.6 Å². The fourth-order valence-corrected chi connectivity index (χ4v) is 2.53. The van der Waals surface area contributed by atoms with Crippen LogP contribution < -0.4 is 15.8 Å². The smallest absolute Gasteiger partial charge is 0.418 e. The molecule has 1 atom stereocenters. The Morgan fingerprint density at radius 3 is 2.96 bits per heavy atom. The first-order valence-corrected chi connectivity index (χ1v) is 7.55. The van der Waals surface area contributed by atoms with Gasteiger partial charge in [0.2, 0.25) is 0 Å². The van der Waals surface area contributed by atoms with Crippen LogP contribution in [-0.2, 0) is 10.3 Å². The number of carbonyl (C=O) groups is 1. The number of aliphatic imine (C=N–C) groups is 1. The van der Waals surface area contributed by atoms with Gasteiger partial charge in [-0.2, -0.15) is 4.98 Å². The van der Waals surface area contributed by atoms with Crippen LogP contribution in [0.15, 0.2) is 33.9 Å². The van der Waals surface area contributed by atoms with E-state index in [0.717, 1.165) is 0 Å². The highest BCUT2D eigenvalue weighted by atomic mass is 19.1. The molecule has 0 saturated carbocycles. The molecule has 1 aliphatic rings. The molecule has 1 aromatic carbocycles. The van der Waals surface area contributed by atoms with Gasteiger partial charge in [-0.1, -0.05) is 0 Å². The van der Waals surface area contributed by atoms with E-state index in [1.54, 1.807) is 13.8 Å². The summed E-state index contributed by atoms with van der Waals surface area (Å²) in [6, 6.07) is 4.17. The summed E-state index contributed by atoms with van der Waals surface area (Å²) in [6.45, 7) is 3.70. The number of oxazole rings is 1. The molecule has 1 amide bonds. The second-order valence-electron chi connectivity index (χ2n) is 5.74. The molecule has 0 unspecified atom stereocenters. The van der Waals surface area contributed by atoms with Crippen LogP contribution in [0.25, 0.3) is 0 Å². The summed E-state index contributed by atoms with van der Waals surface area (Å²) in [4.78, 5) is 20.0. The molecule has 0 aliphatic carbocycles. The number of ether oxygens (including phenoxy) is 2. The fraction of sp³-hybridized carbons (Fsp3) is 0.312. The van der Waals surface area contributed by atoms with Crippen LogP contribution in [0.3, 0.4) is 0 Å². The first-order chi connectivity index (χ1) is 11.9. The minimum atomic E-state index is -0.878. The molecule has 25 heavy (non-hydrogen) atoms. The van der Waals surface area contributed by atoms with Gasteiger partial charge < -0.3 is 19.6 Å². The van der Waals surface area contributed by atoms with Gasteiger partial charge in [-0.25, -0.2) is 14.2 Å². The topological polar surface area (TPSA) is 112 Å². The lowest BCUT2D eigenvalue weighted by molar-refractivity contribution is 0.212. The van der Waals surface area contributed by atoms with Crippen LogP contribution >= 0.6 is 0 Å². The van der Waals surface area contributed by atoms with E-state index in [9.17, 15) is 9.18 Å². The fourth-order valence-electron chi connectivity index (χ4n) is 2.53. The van der Waals surface area contributed by atoms with E-state index in [1.807, 2.05) is 0 Å². The third-order valence-corrected chi connectivity index (χ3v) is 3.78. The van der Waals surface area contributed by atoms with Crippen molar-refractivity contribution in [2.45, 2.75) is 25.8 Å². The highest BCUT2D eigenvalue weighted by Gasteiger charge is 2.33. The Bertz CT molecular complexity index is 835. The Morgan fingerprint density at radius 2 is 2.28 bits per heavy atom. The molecule has 0 fully saturated rings. The quantitative estimate of drug-likeness (QED) is 0.882. The average molecular weight is 348 g/mol. The molecule has 1 aliphatic heterocycles. The number of aromatic nitrogens is 1. The molecule has 2 heterocycles. The molecule has 0 saturated heterocycles. The first-order valence-electron chi connectivity index (χ1n) is 7.55. The number of nitrogens with zero attached hydrogens (tertiary/aromatic N) is 2. The van der Waals surface area contributed by atoms with Crippen LogP contribution in [0.5, 0.6) is 5.88 Å². The van der Waals surface area contributed by atoms with Crippen LogP contribution in [0.4, 0.5) is 14.9 Å². The standard InChI is InChI=1S/C16H17FN4O4/c1-9-19-13(8-24-9)25-15(22)20-10-3-4-12(17)11(7-10)16(2)5-6-23-14(18)21-16/h3-4,7-8H,5-6H2,1-2H3,(H2,18,21)(H,20,22)/t16-/m0/s1. The molecular weight excluding hydrogens is 331 g/mol. The zero-order valence-corrected chi connectivity index (χ0v) is 13.7. The van der Waals surface area contributed by atoms with E-state index in [1.165, 1.54) is 24.5 Å². The van der Waals surface area contributed by atoms with Gasteiger partial charge in [-0.05, 0) is 25.1 Å². The minimum absolute atomic E-state index is 0.00678. The van der Waals surface area contributed by atoms with Gasteiger partial charge in [0.05, 0.1) is 12.1 Å². The number of benzene rings is 1. The number of amidine groups is 1. The second-order valence-corrected chi connectivity index (χ2v) is 5.74. The summed E-state index contributed by atoms with van der Waals surface area (Å²) in [5, 5.41) is 2.51. The lowest BCUT2D eigenvalue weighted by atomic mass is 9.88. The zero-order chi connectivity index (χ0) is 18.0. The number of halogens is 1. The summed E-state index contributed by atoms with van der Waals surface area (Å²) < 4.78 is 29.3. The van der Waals surface area contributed by atoms with Crippen LogP contribution in [0.2, 0.25) is 0 Å². The third kappa shape index (κ3) is 3.70. The van der Waals surface area contributed by atoms with Crippen LogP contribution in [0, 0.1) is 12.7 Å². The molecule has 9 heteroatoms. The van der Waals surface area contributed by atoms with Crippen LogP contribution in [0.1, 0.15) is 24.8 Å². The number of carbonyl (C=O) groups excluding carboxylic acids is 1. The first kappa shape index (κ1) is 16.7. The number of hydrogen-bond acceptors (Lipinski definition) is 7. The Morgan fingerprint density at radius 1 is 1.48 bits per heavy atom. The zero-order valence-electron chi connectivity index (χ0n) is 13.7. The van der Waals surface area contributed by atoms with Gasteiger partial charge in [0.1, 0.15) is 5.82 Å². The molecule has 0 spiro atoms. The van der Waals surface area contributed by atoms with Crippen molar-refractivity contribution in [2.75, 3.05) is 11.9 Å². The highest BCUT2D eigenvalue weighted by molar-refractivity contribution is 5.86. The SMILES string of the molecule is Cc1nc(OC(=O)Nc2ccc(F)c([C@]3(C)CCOC(N)=N3)c2)co1. The Hall–Kier alpha value is -3.10. The van der Waals surface area contributed by atoms with E-state index in [2.05, 4.69) is 15.3 Å². The number of rotatable bonds is 3. The van der Waals surface area contributed by atoms with Gasteiger partial charge in [0, 0.05) is 24.6 Å². The number of nitrogens with one attached hydrogen (secondary N) is 1. The normalized spacial score (nSPS) is 19.7. The van der Waals surface area contributed by atoms with Crippen molar-refractivity contribution >= 4 is 17.8 Å². The van der Waals surface area contributed by atoms with Crippen molar-refractivity contribution < 1.29 is 23.1 Å². The maximum absolute atomic E-state index is 14.3. The predicted octanol–water partition coefficient (Wildman–Crippen LogP) is 2.68. The minimum Gasteiger partial charge on any atom is -0.465 e. The largest absolute Gasteiger partial charge is 0.465 e. The van der Waals surface area contributed by atoms with E-state index in [0.29, 0.717) is 30.2 Å². The van der Waals surface area contributed by atoms with Gasteiger partial charge in [0.15, 0.2) is 12.2 Å². The molecule has 2 aromatic rings. The van der Waals surface area contributed by atoms with Crippen molar-refractivity contribution in [1.82, 2.24) is 4.98 Å². The Kier molecular flexibility index (Phi) is 4.30. The molecule has 1 aromatic heterocycles.